The van der Waals surface area contributed by atoms with Crippen LogP contribution in [0.1, 0.15) is 19.4 Å². The second-order valence-electron chi connectivity index (χ2n) is 4.71. The maximum absolute atomic E-state index is 12.0. The summed E-state index contributed by atoms with van der Waals surface area (Å²) >= 11 is 0. The summed E-state index contributed by atoms with van der Waals surface area (Å²) < 4.78 is 0. The van der Waals surface area contributed by atoms with Crippen molar-refractivity contribution in [3.8, 4) is 0 Å². The Morgan fingerprint density at radius 3 is 2.33 bits per heavy atom. The fourth-order valence-corrected chi connectivity index (χ4v) is 1.45. The van der Waals surface area contributed by atoms with Crippen molar-refractivity contribution < 1.29 is 14.7 Å². The van der Waals surface area contributed by atoms with Crippen molar-refractivity contribution >= 4 is 17.7 Å². The van der Waals surface area contributed by atoms with E-state index >= 15 is 0 Å². The van der Waals surface area contributed by atoms with Crippen LogP contribution in [0.3, 0.4) is 0 Å². The molecule has 0 saturated heterocycles. The molecule has 0 atom stereocenters. The zero-order valence-electron chi connectivity index (χ0n) is 11.0. The fourth-order valence-electron chi connectivity index (χ4n) is 1.45. The van der Waals surface area contributed by atoms with Gasteiger partial charge in [0, 0.05) is 12.7 Å². The Kier molecular flexibility index (Phi) is 3.96. The Hall–Kier alpha value is -2.04. The van der Waals surface area contributed by atoms with Crippen LogP contribution in [0.4, 0.5) is 10.5 Å². The van der Waals surface area contributed by atoms with Crippen molar-refractivity contribution in [1.82, 2.24) is 5.32 Å². The van der Waals surface area contributed by atoms with E-state index in [0.29, 0.717) is 0 Å². The molecule has 0 heterocycles. The first-order valence-corrected chi connectivity index (χ1v) is 5.60. The van der Waals surface area contributed by atoms with Crippen molar-refractivity contribution in [2.45, 2.75) is 26.3 Å². The summed E-state index contributed by atoms with van der Waals surface area (Å²) in [5.41, 5.74) is 0.396. The first-order chi connectivity index (χ1) is 8.25. The highest BCUT2D eigenvalue weighted by molar-refractivity contribution is 5.95. The number of carbonyl (C=O) groups is 2. The average molecular weight is 250 g/mol. The van der Waals surface area contributed by atoms with Gasteiger partial charge in [-0.05, 0) is 32.4 Å². The summed E-state index contributed by atoms with van der Waals surface area (Å²) in [6.45, 7) is 4.78. The molecule has 0 unspecified atom stereocenters. The number of aryl methyl sites for hydroxylation is 1. The smallest absolute Gasteiger partial charge is 0.328 e. The van der Waals surface area contributed by atoms with E-state index < -0.39 is 17.5 Å². The molecule has 18 heavy (non-hydrogen) atoms. The van der Waals surface area contributed by atoms with Gasteiger partial charge in [-0.2, -0.15) is 0 Å². The number of para-hydroxylation sites is 1. The number of nitrogens with one attached hydrogen (secondary N) is 1. The van der Waals surface area contributed by atoms with E-state index in [-0.39, 0.29) is 0 Å². The predicted molar refractivity (Wildman–Crippen MR) is 69.8 cm³/mol. The molecule has 1 rings (SSSR count). The molecule has 2 N–H and O–H groups in total. The van der Waals surface area contributed by atoms with Gasteiger partial charge < -0.3 is 10.4 Å². The molecule has 0 bridgehead atoms. The molecule has 0 aliphatic rings. The predicted octanol–water partition coefficient (Wildman–Crippen LogP) is 2.00. The summed E-state index contributed by atoms with van der Waals surface area (Å²) in [7, 11) is 1.61. The Morgan fingerprint density at radius 2 is 1.83 bits per heavy atom. The molecule has 5 heteroatoms. The van der Waals surface area contributed by atoms with Crippen LogP contribution in [0.15, 0.2) is 24.3 Å². The molecular weight excluding hydrogens is 232 g/mol. The summed E-state index contributed by atoms with van der Waals surface area (Å²) in [6, 6.07) is 6.96. The van der Waals surface area contributed by atoms with E-state index in [9.17, 15) is 9.59 Å². The Labute approximate surface area is 106 Å². The third kappa shape index (κ3) is 3.00. The molecule has 98 valence electrons. The lowest BCUT2D eigenvalue weighted by Crippen LogP contribution is -2.53. The maximum Gasteiger partial charge on any atom is 0.328 e. The van der Waals surface area contributed by atoms with E-state index in [1.54, 1.807) is 7.05 Å². The molecular formula is C13H18N2O3. The fraction of sp³-hybridized carbons (Fsp3) is 0.385. The number of urea groups is 1. The highest BCUT2D eigenvalue weighted by Crippen LogP contribution is 2.18. The van der Waals surface area contributed by atoms with Gasteiger partial charge in [-0.25, -0.2) is 9.59 Å². The molecule has 0 spiro atoms. The normalized spacial score (nSPS) is 10.9. The van der Waals surface area contributed by atoms with E-state index in [0.717, 1.165) is 11.3 Å². The SMILES string of the molecule is Cc1ccccc1N(C)C(=O)NC(C)(C)C(=O)O. The van der Waals surface area contributed by atoms with Crippen LogP contribution in [0.5, 0.6) is 0 Å². The molecule has 1 aromatic rings. The van der Waals surface area contributed by atoms with Gasteiger partial charge in [0.25, 0.3) is 0 Å². The van der Waals surface area contributed by atoms with E-state index in [1.165, 1.54) is 18.7 Å². The second kappa shape index (κ2) is 5.08. The maximum atomic E-state index is 12.0. The lowest BCUT2D eigenvalue weighted by atomic mass is 10.1. The number of carboxylic acids is 1. The molecule has 0 aliphatic heterocycles. The second-order valence-corrected chi connectivity index (χ2v) is 4.71. The van der Waals surface area contributed by atoms with Crippen molar-refractivity contribution in [3.63, 3.8) is 0 Å². The lowest BCUT2D eigenvalue weighted by Gasteiger charge is -2.26. The first kappa shape index (κ1) is 14.0. The number of nitrogens with zero attached hydrogens (tertiary/aromatic N) is 1. The molecule has 0 saturated carbocycles. The molecule has 1 aromatic carbocycles. The van der Waals surface area contributed by atoms with Crippen LogP contribution in [0, 0.1) is 6.92 Å². The largest absolute Gasteiger partial charge is 0.480 e. The van der Waals surface area contributed by atoms with Gasteiger partial charge in [-0.15, -0.1) is 0 Å². The number of carbonyl (C=O) groups excluding carboxylic acids is 1. The van der Waals surface area contributed by atoms with Crippen molar-refractivity contribution in [2.75, 3.05) is 11.9 Å². The molecule has 0 aromatic heterocycles. The standard InChI is InChI=1S/C13H18N2O3/c1-9-7-5-6-8-10(9)15(4)12(18)14-13(2,3)11(16)17/h5-8H,1-4H3,(H,14,18)(H,16,17). The monoisotopic (exact) mass is 250 g/mol. The topological polar surface area (TPSA) is 69.6 Å². The van der Waals surface area contributed by atoms with Gasteiger partial charge in [-0.1, -0.05) is 18.2 Å². The van der Waals surface area contributed by atoms with Gasteiger partial charge in [0.15, 0.2) is 0 Å². The number of aliphatic carboxylic acids is 1. The van der Waals surface area contributed by atoms with E-state index in [1.807, 2.05) is 31.2 Å². The highest BCUT2D eigenvalue weighted by atomic mass is 16.4. The summed E-state index contributed by atoms with van der Waals surface area (Å²) in [5.74, 6) is -1.07. The van der Waals surface area contributed by atoms with Gasteiger partial charge in [0.1, 0.15) is 5.54 Å². The van der Waals surface area contributed by atoms with Crippen LogP contribution < -0.4 is 10.2 Å². The number of hydrogen-bond acceptors (Lipinski definition) is 2. The van der Waals surface area contributed by atoms with Crippen molar-refractivity contribution in [2.24, 2.45) is 0 Å². The van der Waals surface area contributed by atoms with Crippen LogP contribution >= 0.6 is 0 Å². The quantitative estimate of drug-likeness (QED) is 0.862. The van der Waals surface area contributed by atoms with Crippen LogP contribution in [-0.2, 0) is 4.79 Å². The third-order valence-electron chi connectivity index (χ3n) is 2.74. The third-order valence-corrected chi connectivity index (χ3v) is 2.74. The minimum absolute atomic E-state index is 0.447. The van der Waals surface area contributed by atoms with Gasteiger partial charge in [-0.3, -0.25) is 4.90 Å². The first-order valence-electron chi connectivity index (χ1n) is 5.60. The minimum atomic E-state index is -1.30. The average Bonchev–Trinajstić information content (AvgIpc) is 2.28. The van der Waals surface area contributed by atoms with Crippen LogP contribution in [0.2, 0.25) is 0 Å². The van der Waals surface area contributed by atoms with Gasteiger partial charge in [0.2, 0.25) is 0 Å². The van der Waals surface area contributed by atoms with E-state index in [4.69, 9.17) is 5.11 Å². The number of amides is 2. The molecule has 0 fully saturated rings. The van der Waals surface area contributed by atoms with E-state index in [2.05, 4.69) is 5.32 Å². The Bertz CT molecular complexity index is 469. The summed E-state index contributed by atoms with van der Waals surface area (Å²) in [5, 5.41) is 11.4. The van der Waals surface area contributed by atoms with Crippen LogP contribution in [0.25, 0.3) is 0 Å². The molecule has 5 nitrogen and oxygen atoms in total. The zero-order valence-corrected chi connectivity index (χ0v) is 11.0. The number of rotatable bonds is 3. The number of carboxylic acid groups (broad SMARTS) is 1. The molecule has 2 amide bonds. The van der Waals surface area contributed by atoms with Crippen LogP contribution in [-0.4, -0.2) is 29.7 Å². The number of benzene rings is 1. The van der Waals surface area contributed by atoms with Gasteiger partial charge in [0.05, 0.1) is 0 Å². The molecule has 0 radical (unpaired) electrons. The number of hydrogen-bond donors (Lipinski definition) is 2. The summed E-state index contributed by atoms with van der Waals surface area (Å²) in [6.07, 6.45) is 0. The van der Waals surface area contributed by atoms with Gasteiger partial charge >= 0.3 is 12.0 Å². The highest BCUT2D eigenvalue weighted by Gasteiger charge is 2.30. The summed E-state index contributed by atoms with van der Waals surface area (Å²) in [4.78, 5) is 24.3. The number of anilines is 1. The lowest BCUT2D eigenvalue weighted by molar-refractivity contribution is -0.142. The van der Waals surface area contributed by atoms with Crippen molar-refractivity contribution in [3.05, 3.63) is 29.8 Å². The molecule has 0 aliphatic carbocycles. The Balaban J connectivity index is 2.86. The minimum Gasteiger partial charge on any atom is -0.480 e. The zero-order chi connectivity index (χ0) is 13.9. The Morgan fingerprint density at radius 1 is 1.28 bits per heavy atom. The van der Waals surface area contributed by atoms with Crippen molar-refractivity contribution in [1.29, 1.82) is 0 Å².